The number of ether oxygens (including phenoxy) is 1. The van der Waals surface area contributed by atoms with Crippen LogP contribution in [0, 0.1) is 18.8 Å². The highest BCUT2D eigenvalue weighted by atomic mass is 16.5. The summed E-state index contributed by atoms with van der Waals surface area (Å²) >= 11 is 0. The van der Waals surface area contributed by atoms with Crippen molar-refractivity contribution in [2.75, 3.05) is 12.0 Å². The fourth-order valence-corrected chi connectivity index (χ4v) is 4.21. The van der Waals surface area contributed by atoms with E-state index in [9.17, 15) is 14.4 Å². The van der Waals surface area contributed by atoms with E-state index in [-0.39, 0.29) is 11.8 Å². The van der Waals surface area contributed by atoms with Gasteiger partial charge in [0.25, 0.3) is 0 Å². The number of fused-ring (bicyclic) bond motifs is 1. The molecule has 0 saturated carbocycles. The summed E-state index contributed by atoms with van der Waals surface area (Å²) in [6, 6.07) is 15.2. The van der Waals surface area contributed by atoms with Crippen molar-refractivity contribution in [2.45, 2.75) is 19.0 Å². The average molecular weight is 364 g/mol. The number of hydrogen-bond acceptors (Lipinski definition) is 5. The Morgan fingerprint density at radius 3 is 2.26 bits per heavy atom. The number of benzene rings is 2. The molecule has 27 heavy (non-hydrogen) atoms. The molecule has 2 aromatic rings. The predicted molar refractivity (Wildman–Crippen MR) is 98.8 cm³/mol. The van der Waals surface area contributed by atoms with Crippen LogP contribution in [0.5, 0.6) is 0 Å². The number of methoxy groups -OCH3 is 1. The molecule has 2 heterocycles. The van der Waals surface area contributed by atoms with Crippen LogP contribution in [-0.4, -0.2) is 30.9 Å². The summed E-state index contributed by atoms with van der Waals surface area (Å²) in [5, 5.41) is 3.19. The fraction of sp³-hybridized carbons (Fsp3) is 0.286. The van der Waals surface area contributed by atoms with E-state index >= 15 is 0 Å². The molecule has 2 aliphatic heterocycles. The van der Waals surface area contributed by atoms with Crippen LogP contribution >= 0.6 is 0 Å². The molecular weight excluding hydrogens is 344 g/mol. The lowest BCUT2D eigenvalue weighted by Crippen LogP contribution is -2.43. The van der Waals surface area contributed by atoms with Gasteiger partial charge in [0, 0.05) is 6.04 Å². The second-order valence-electron chi connectivity index (χ2n) is 6.90. The van der Waals surface area contributed by atoms with Crippen molar-refractivity contribution in [1.29, 1.82) is 0 Å². The number of imide groups is 1. The Bertz CT molecular complexity index is 911. The standard InChI is InChI=1S/C21H20N2O4/c1-12-8-6-7-11-14(12)17-15-16(18(22-17)21(26)27-2)20(25)23(19(15)24)13-9-4-3-5-10-13/h3-11,15-18,22H,1-2H3/t15-,16+,17?,18?/m0/s1. The summed E-state index contributed by atoms with van der Waals surface area (Å²) in [6.07, 6.45) is 0. The van der Waals surface area contributed by atoms with Crippen molar-refractivity contribution in [3.8, 4) is 0 Å². The minimum Gasteiger partial charge on any atom is -0.468 e. The molecule has 0 aromatic heterocycles. The van der Waals surface area contributed by atoms with E-state index in [1.54, 1.807) is 24.3 Å². The first-order chi connectivity index (χ1) is 13.0. The Morgan fingerprint density at radius 1 is 0.963 bits per heavy atom. The fourth-order valence-electron chi connectivity index (χ4n) is 4.21. The molecule has 2 aliphatic rings. The molecule has 1 N–H and O–H groups in total. The number of aryl methyl sites for hydroxylation is 1. The number of nitrogens with zero attached hydrogens (tertiary/aromatic N) is 1. The summed E-state index contributed by atoms with van der Waals surface area (Å²) in [4.78, 5) is 40.0. The monoisotopic (exact) mass is 364 g/mol. The van der Waals surface area contributed by atoms with E-state index in [4.69, 9.17) is 4.74 Å². The first-order valence-corrected chi connectivity index (χ1v) is 8.87. The maximum Gasteiger partial charge on any atom is 0.323 e. The van der Waals surface area contributed by atoms with Gasteiger partial charge in [0.05, 0.1) is 24.6 Å². The summed E-state index contributed by atoms with van der Waals surface area (Å²) < 4.78 is 4.90. The van der Waals surface area contributed by atoms with E-state index in [1.165, 1.54) is 12.0 Å². The molecule has 6 heteroatoms. The van der Waals surface area contributed by atoms with Crippen LogP contribution in [0.4, 0.5) is 5.69 Å². The Kier molecular flexibility index (Phi) is 4.28. The minimum absolute atomic E-state index is 0.289. The number of amides is 2. The Hall–Kier alpha value is -2.99. The van der Waals surface area contributed by atoms with Gasteiger partial charge in [-0.1, -0.05) is 42.5 Å². The van der Waals surface area contributed by atoms with Gasteiger partial charge in [-0.3, -0.25) is 19.7 Å². The lowest BCUT2D eigenvalue weighted by Gasteiger charge is -2.22. The highest BCUT2D eigenvalue weighted by Gasteiger charge is 2.61. The van der Waals surface area contributed by atoms with Gasteiger partial charge in [-0.25, -0.2) is 4.90 Å². The smallest absolute Gasteiger partial charge is 0.323 e. The molecule has 2 aromatic carbocycles. The number of rotatable bonds is 3. The summed E-state index contributed by atoms with van der Waals surface area (Å²) in [5.41, 5.74) is 2.43. The van der Waals surface area contributed by atoms with Gasteiger partial charge in [-0.2, -0.15) is 0 Å². The highest BCUT2D eigenvalue weighted by Crippen LogP contribution is 2.46. The molecule has 4 rings (SSSR count). The molecule has 2 saturated heterocycles. The maximum atomic E-state index is 13.3. The number of carbonyl (C=O) groups excluding carboxylic acids is 3. The van der Waals surface area contributed by atoms with E-state index in [1.807, 2.05) is 37.3 Å². The van der Waals surface area contributed by atoms with Crippen LogP contribution < -0.4 is 10.2 Å². The quantitative estimate of drug-likeness (QED) is 0.666. The third kappa shape index (κ3) is 2.64. The number of nitrogens with one attached hydrogen (secondary N) is 1. The molecule has 0 aliphatic carbocycles. The van der Waals surface area contributed by atoms with Gasteiger partial charge >= 0.3 is 5.97 Å². The summed E-state index contributed by atoms with van der Waals surface area (Å²) in [7, 11) is 1.29. The van der Waals surface area contributed by atoms with Crippen LogP contribution in [0.15, 0.2) is 54.6 Å². The second kappa shape index (κ2) is 6.63. The molecule has 6 nitrogen and oxygen atoms in total. The third-order valence-electron chi connectivity index (χ3n) is 5.47. The van der Waals surface area contributed by atoms with Gasteiger partial charge < -0.3 is 4.74 Å². The van der Waals surface area contributed by atoms with Crippen molar-refractivity contribution in [3.05, 3.63) is 65.7 Å². The zero-order valence-corrected chi connectivity index (χ0v) is 15.1. The SMILES string of the molecule is COC(=O)C1NC(c2ccccc2C)[C@H]2C(=O)N(c3ccccc3)C(=O)[C@@H]12. The van der Waals surface area contributed by atoms with Crippen LogP contribution in [0.2, 0.25) is 0 Å². The van der Waals surface area contributed by atoms with Crippen molar-refractivity contribution in [1.82, 2.24) is 5.32 Å². The zero-order chi connectivity index (χ0) is 19.1. The zero-order valence-electron chi connectivity index (χ0n) is 15.1. The molecule has 2 fully saturated rings. The largest absolute Gasteiger partial charge is 0.468 e. The molecule has 138 valence electrons. The van der Waals surface area contributed by atoms with Gasteiger partial charge in [0.1, 0.15) is 6.04 Å². The summed E-state index contributed by atoms with van der Waals surface area (Å²) in [5.74, 6) is -2.62. The lowest BCUT2D eigenvalue weighted by atomic mass is 9.85. The molecular formula is C21H20N2O4. The lowest BCUT2D eigenvalue weighted by molar-refractivity contribution is -0.145. The minimum atomic E-state index is -0.852. The van der Waals surface area contributed by atoms with Crippen LogP contribution in [-0.2, 0) is 19.1 Å². The van der Waals surface area contributed by atoms with E-state index in [0.29, 0.717) is 5.69 Å². The highest BCUT2D eigenvalue weighted by molar-refractivity contribution is 6.23. The summed E-state index contributed by atoms with van der Waals surface area (Å²) in [6.45, 7) is 1.95. The average Bonchev–Trinajstić information content (AvgIpc) is 3.19. The first-order valence-electron chi connectivity index (χ1n) is 8.87. The van der Waals surface area contributed by atoms with Crippen molar-refractivity contribution in [2.24, 2.45) is 11.8 Å². The molecule has 4 atom stereocenters. The number of esters is 1. The van der Waals surface area contributed by atoms with Gasteiger partial charge in [-0.05, 0) is 30.2 Å². The number of hydrogen-bond donors (Lipinski definition) is 1. The van der Waals surface area contributed by atoms with E-state index in [0.717, 1.165) is 11.1 Å². The van der Waals surface area contributed by atoms with Gasteiger partial charge in [0.2, 0.25) is 11.8 Å². The normalized spacial score (nSPS) is 27.0. The first kappa shape index (κ1) is 17.4. The van der Waals surface area contributed by atoms with Gasteiger partial charge in [0.15, 0.2) is 0 Å². The Labute approximate surface area is 157 Å². The molecule has 0 bridgehead atoms. The Morgan fingerprint density at radius 2 is 1.59 bits per heavy atom. The topological polar surface area (TPSA) is 75.7 Å². The van der Waals surface area contributed by atoms with Crippen LogP contribution in [0.25, 0.3) is 0 Å². The number of para-hydroxylation sites is 1. The van der Waals surface area contributed by atoms with Crippen molar-refractivity contribution < 1.29 is 19.1 Å². The number of carbonyl (C=O) groups is 3. The predicted octanol–water partition coefficient (Wildman–Crippen LogP) is 1.99. The van der Waals surface area contributed by atoms with Crippen LogP contribution in [0.3, 0.4) is 0 Å². The maximum absolute atomic E-state index is 13.3. The molecule has 2 amide bonds. The van der Waals surface area contributed by atoms with Gasteiger partial charge in [-0.15, -0.1) is 0 Å². The van der Waals surface area contributed by atoms with Crippen molar-refractivity contribution in [3.63, 3.8) is 0 Å². The van der Waals surface area contributed by atoms with Crippen LogP contribution in [0.1, 0.15) is 17.2 Å². The molecule has 2 unspecified atom stereocenters. The van der Waals surface area contributed by atoms with E-state index < -0.39 is 29.9 Å². The Balaban J connectivity index is 1.80. The molecule has 0 spiro atoms. The third-order valence-corrected chi connectivity index (χ3v) is 5.47. The second-order valence-corrected chi connectivity index (χ2v) is 6.90. The van der Waals surface area contributed by atoms with Crippen molar-refractivity contribution >= 4 is 23.5 Å². The molecule has 0 radical (unpaired) electrons. The van der Waals surface area contributed by atoms with E-state index in [2.05, 4.69) is 5.32 Å². The number of anilines is 1.